The van der Waals surface area contributed by atoms with Gasteiger partial charge in [-0.15, -0.1) is 0 Å². The zero-order valence-electron chi connectivity index (χ0n) is 8.06. The first-order chi connectivity index (χ1) is 4.39. The summed E-state index contributed by atoms with van der Waals surface area (Å²) in [5.74, 6) is 0. The molecular weight excluding hydrogens is 156 g/mol. The van der Waals surface area contributed by atoms with Crippen molar-refractivity contribution in [1.29, 1.82) is 0 Å². The summed E-state index contributed by atoms with van der Waals surface area (Å²) in [5, 5.41) is 0.467. The molecule has 10 heavy (non-hydrogen) atoms. The zero-order chi connectivity index (χ0) is 8.36. The van der Waals surface area contributed by atoms with E-state index in [9.17, 15) is 0 Å². The molecule has 0 aromatic rings. The Labute approximate surface area is 67.9 Å². The minimum Gasteiger partial charge on any atom is -0.426 e. The fourth-order valence-electron chi connectivity index (χ4n) is 1.63. The van der Waals surface area contributed by atoms with Gasteiger partial charge in [0.2, 0.25) is 0 Å². The van der Waals surface area contributed by atoms with Crippen LogP contribution in [0.15, 0.2) is 0 Å². The van der Waals surface area contributed by atoms with E-state index in [1.807, 2.05) is 7.11 Å². The molecule has 0 fully saturated rings. The first-order valence-electron chi connectivity index (χ1n) is 3.92. The van der Waals surface area contributed by atoms with E-state index in [1.54, 1.807) is 0 Å². The molecule has 0 saturated carbocycles. The number of hydrogen-bond acceptors (Lipinski definition) is 1. The Morgan fingerprint density at radius 2 is 1.50 bits per heavy atom. The lowest BCUT2D eigenvalue weighted by molar-refractivity contribution is 0.406. The summed E-state index contributed by atoms with van der Waals surface area (Å²) in [7, 11) is 0.555. The quantitative estimate of drug-likeness (QED) is 0.582. The zero-order valence-corrected chi connectivity index (χ0v) is 10.4. The van der Waals surface area contributed by atoms with Crippen molar-refractivity contribution in [3.63, 3.8) is 0 Å². The second-order valence-corrected chi connectivity index (χ2v) is 15.6. The Balaban J connectivity index is 4.07. The third-order valence-electron chi connectivity index (χ3n) is 1.71. The van der Waals surface area contributed by atoms with E-state index in [0.29, 0.717) is 5.04 Å². The molecule has 1 unspecified atom stereocenters. The van der Waals surface area contributed by atoms with Crippen molar-refractivity contribution in [2.75, 3.05) is 7.11 Å². The van der Waals surface area contributed by atoms with E-state index in [4.69, 9.17) is 4.43 Å². The lowest BCUT2D eigenvalue weighted by Gasteiger charge is -2.29. The number of hydrogen-bond donors (Lipinski definition) is 0. The normalized spacial score (nSPS) is 15.9. The molecule has 0 radical (unpaired) electrons. The molecule has 0 amide bonds. The highest BCUT2D eigenvalue weighted by atomic mass is 29.2. The molecule has 0 aromatic heterocycles. The van der Waals surface area contributed by atoms with Gasteiger partial charge in [-0.05, 0) is 5.04 Å². The van der Waals surface area contributed by atoms with Crippen LogP contribution in [0.5, 0.6) is 0 Å². The topological polar surface area (TPSA) is 9.23 Å². The largest absolute Gasteiger partial charge is 0.426 e. The molecule has 0 aromatic carbocycles. The van der Waals surface area contributed by atoms with Crippen LogP contribution < -0.4 is 0 Å². The molecular formula is C7H20OSi2. The van der Waals surface area contributed by atoms with Crippen molar-refractivity contribution >= 4 is 16.9 Å². The van der Waals surface area contributed by atoms with Crippen molar-refractivity contribution in [2.45, 2.75) is 38.9 Å². The monoisotopic (exact) mass is 176 g/mol. The molecule has 0 aliphatic rings. The van der Waals surface area contributed by atoms with E-state index >= 15 is 0 Å². The van der Waals surface area contributed by atoms with Gasteiger partial charge in [0.05, 0.1) is 8.31 Å². The first kappa shape index (κ1) is 10.4. The fourth-order valence-corrected chi connectivity index (χ4v) is 12.5. The summed E-state index contributed by atoms with van der Waals surface area (Å²) >= 11 is 0. The van der Waals surface area contributed by atoms with E-state index < -0.39 is 16.9 Å². The second-order valence-electron chi connectivity index (χ2n) is 4.27. The van der Waals surface area contributed by atoms with E-state index in [0.717, 1.165) is 0 Å². The molecule has 0 aliphatic heterocycles. The van der Waals surface area contributed by atoms with Gasteiger partial charge < -0.3 is 4.43 Å². The third-order valence-corrected chi connectivity index (χ3v) is 12.6. The maximum absolute atomic E-state index is 5.58. The molecule has 1 atom stereocenters. The van der Waals surface area contributed by atoms with Crippen molar-refractivity contribution in [3.8, 4) is 0 Å². The lowest BCUT2D eigenvalue weighted by Crippen LogP contribution is -2.40. The minimum absolute atomic E-state index is 0.467. The average Bonchev–Trinajstić information content (AvgIpc) is 1.60. The van der Waals surface area contributed by atoms with Gasteiger partial charge >= 0.3 is 0 Å². The molecule has 0 bridgehead atoms. The summed E-state index contributed by atoms with van der Waals surface area (Å²) in [5.41, 5.74) is 0. The Bertz CT molecular complexity index is 96.3. The van der Waals surface area contributed by atoms with E-state index in [1.165, 1.54) is 0 Å². The Morgan fingerprint density at radius 3 is 1.50 bits per heavy atom. The van der Waals surface area contributed by atoms with Crippen molar-refractivity contribution in [3.05, 3.63) is 0 Å². The van der Waals surface area contributed by atoms with Gasteiger partial charge in [0, 0.05) is 7.11 Å². The smallest absolute Gasteiger partial charge is 0.166 e. The van der Waals surface area contributed by atoms with Crippen molar-refractivity contribution in [2.24, 2.45) is 0 Å². The van der Waals surface area contributed by atoms with Gasteiger partial charge in [0.1, 0.15) is 0 Å². The summed E-state index contributed by atoms with van der Waals surface area (Å²) < 4.78 is 5.58. The van der Waals surface area contributed by atoms with Crippen LogP contribution in [0.4, 0.5) is 0 Å². The first-order valence-corrected chi connectivity index (χ1v) is 9.95. The minimum atomic E-state index is -0.836. The highest BCUT2D eigenvalue weighted by Crippen LogP contribution is 2.28. The van der Waals surface area contributed by atoms with Crippen LogP contribution in [-0.2, 0) is 4.43 Å². The molecule has 0 N–H and O–H groups in total. The Kier molecular flexibility index (Phi) is 3.83. The second kappa shape index (κ2) is 3.69. The summed E-state index contributed by atoms with van der Waals surface area (Å²) in [6.07, 6.45) is 0. The van der Waals surface area contributed by atoms with Crippen LogP contribution in [0, 0.1) is 0 Å². The molecule has 62 valence electrons. The van der Waals surface area contributed by atoms with Crippen LogP contribution >= 0.6 is 0 Å². The van der Waals surface area contributed by atoms with Gasteiger partial charge in [-0.3, -0.25) is 0 Å². The lowest BCUT2D eigenvalue weighted by atomic mass is 10.3. The molecule has 3 heteroatoms. The molecule has 0 saturated heterocycles. The highest BCUT2D eigenvalue weighted by molar-refractivity contribution is 7.19. The van der Waals surface area contributed by atoms with Crippen LogP contribution in [0.25, 0.3) is 0 Å². The number of rotatable bonds is 2. The molecule has 0 aliphatic carbocycles. The van der Waals surface area contributed by atoms with E-state index in [-0.39, 0.29) is 0 Å². The van der Waals surface area contributed by atoms with Gasteiger partial charge in [-0.2, -0.15) is 0 Å². The molecule has 0 heterocycles. The van der Waals surface area contributed by atoms with Gasteiger partial charge in [0.15, 0.2) is 8.56 Å². The predicted octanol–water partition coefficient (Wildman–Crippen LogP) is 1.72. The summed E-state index contributed by atoms with van der Waals surface area (Å²) in [6.45, 7) is 11.7. The highest BCUT2D eigenvalue weighted by Gasteiger charge is 2.29. The van der Waals surface area contributed by atoms with Crippen LogP contribution in [0.3, 0.4) is 0 Å². The van der Waals surface area contributed by atoms with Crippen molar-refractivity contribution in [1.82, 2.24) is 0 Å². The average molecular weight is 176 g/mol. The SMILES string of the molecule is CO[SiH]([SiH](C)C)C(C)(C)C. The third kappa shape index (κ3) is 2.99. The molecule has 1 nitrogen and oxygen atoms in total. The Morgan fingerprint density at radius 1 is 1.10 bits per heavy atom. The maximum Gasteiger partial charge on any atom is 0.166 e. The van der Waals surface area contributed by atoms with Crippen molar-refractivity contribution < 1.29 is 4.43 Å². The summed E-state index contributed by atoms with van der Waals surface area (Å²) in [4.78, 5) is 0. The van der Waals surface area contributed by atoms with Crippen LogP contribution in [0.2, 0.25) is 18.1 Å². The van der Waals surface area contributed by atoms with Crippen LogP contribution in [0.1, 0.15) is 20.8 Å². The predicted molar refractivity (Wildman–Crippen MR) is 52.8 cm³/mol. The van der Waals surface area contributed by atoms with Gasteiger partial charge in [-0.25, -0.2) is 0 Å². The Hall–Kier alpha value is 0.394. The fraction of sp³-hybridized carbons (Fsp3) is 1.00. The molecule has 0 rings (SSSR count). The van der Waals surface area contributed by atoms with E-state index in [2.05, 4.69) is 33.9 Å². The van der Waals surface area contributed by atoms with Crippen LogP contribution in [-0.4, -0.2) is 24.0 Å². The standard InChI is InChI=1S/C7H20OSi2/c1-7(2,3)10(8-4)9(5)6/h9-10H,1-6H3. The molecule has 0 spiro atoms. The van der Waals surface area contributed by atoms with Gasteiger partial charge in [0.25, 0.3) is 0 Å². The summed E-state index contributed by atoms with van der Waals surface area (Å²) in [6, 6.07) is 0. The maximum atomic E-state index is 5.58. The van der Waals surface area contributed by atoms with Gasteiger partial charge in [-0.1, -0.05) is 33.9 Å².